The average Bonchev–Trinajstić information content (AvgIpc) is 2.50. The van der Waals surface area contributed by atoms with E-state index in [9.17, 15) is 4.39 Å². The molecule has 0 aliphatic carbocycles. The van der Waals surface area contributed by atoms with Crippen molar-refractivity contribution < 1.29 is 13.9 Å². The van der Waals surface area contributed by atoms with Crippen molar-refractivity contribution in [1.82, 2.24) is 0 Å². The van der Waals surface area contributed by atoms with Crippen molar-refractivity contribution in [2.75, 3.05) is 14.2 Å². The Kier molecular flexibility index (Phi) is 5.04. The van der Waals surface area contributed by atoms with E-state index in [-0.39, 0.29) is 5.82 Å². The third kappa shape index (κ3) is 3.65. The molecule has 0 amide bonds. The first-order valence-corrected chi connectivity index (χ1v) is 6.84. The summed E-state index contributed by atoms with van der Waals surface area (Å²) in [6.45, 7) is 0. The molecule has 2 rings (SSSR count). The van der Waals surface area contributed by atoms with E-state index in [1.54, 1.807) is 32.4 Å². The number of ether oxygens (including phenoxy) is 2. The van der Waals surface area contributed by atoms with E-state index in [1.807, 2.05) is 6.07 Å². The number of hydrogen-bond acceptors (Lipinski definition) is 3. The Morgan fingerprint density at radius 2 is 1.90 bits per heavy atom. The van der Waals surface area contributed by atoms with Crippen molar-refractivity contribution in [1.29, 1.82) is 0 Å². The molecule has 0 radical (unpaired) electrons. The molecule has 1 unspecified atom stereocenters. The van der Waals surface area contributed by atoms with Crippen LogP contribution in [0.15, 0.2) is 36.4 Å². The van der Waals surface area contributed by atoms with Gasteiger partial charge in [-0.2, -0.15) is 0 Å². The highest BCUT2D eigenvalue weighted by atomic mass is 35.5. The van der Waals surface area contributed by atoms with Gasteiger partial charge in [-0.25, -0.2) is 4.39 Å². The summed E-state index contributed by atoms with van der Waals surface area (Å²) >= 11 is 5.90. The number of halogens is 2. The lowest BCUT2D eigenvalue weighted by molar-refractivity contribution is 0.388. The van der Waals surface area contributed by atoms with Gasteiger partial charge in [0.15, 0.2) is 0 Å². The summed E-state index contributed by atoms with van der Waals surface area (Å²) in [5.41, 5.74) is 7.45. The maximum absolute atomic E-state index is 13.8. The Morgan fingerprint density at radius 1 is 1.14 bits per heavy atom. The first kappa shape index (κ1) is 15.6. The molecule has 0 fully saturated rings. The topological polar surface area (TPSA) is 44.5 Å². The molecule has 0 spiro atoms. The van der Waals surface area contributed by atoms with Gasteiger partial charge in [-0.3, -0.25) is 0 Å². The van der Waals surface area contributed by atoms with E-state index in [4.69, 9.17) is 26.8 Å². The highest BCUT2D eigenvalue weighted by molar-refractivity contribution is 6.30. The summed E-state index contributed by atoms with van der Waals surface area (Å²) in [5, 5.41) is 0.486. The molecular weight excluding hydrogens is 293 g/mol. The summed E-state index contributed by atoms with van der Waals surface area (Å²) < 4.78 is 24.2. The van der Waals surface area contributed by atoms with Crippen LogP contribution < -0.4 is 15.2 Å². The van der Waals surface area contributed by atoms with Gasteiger partial charge in [0, 0.05) is 22.7 Å². The van der Waals surface area contributed by atoms with Crippen molar-refractivity contribution >= 4 is 11.6 Å². The van der Waals surface area contributed by atoms with Gasteiger partial charge in [0.05, 0.1) is 14.2 Å². The second-order valence-electron chi connectivity index (χ2n) is 4.65. The van der Waals surface area contributed by atoms with Crippen LogP contribution in [0.2, 0.25) is 5.02 Å². The molecule has 21 heavy (non-hydrogen) atoms. The van der Waals surface area contributed by atoms with E-state index >= 15 is 0 Å². The minimum absolute atomic E-state index is 0.317. The first-order chi connectivity index (χ1) is 10.0. The van der Waals surface area contributed by atoms with E-state index in [1.165, 1.54) is 12.1 Å². The second kappa shape index (κ2) is 6.78. The molecule has 0 saturated heterocycles. The van der Waals surface area contributed by atoms with Crippen LogP contribution in [-0.4, -0.2) is 14.2 Å². The predicted molar refractivity (Wildman–Crippen MR) is 81.6 cm³/mol. The number of rotatable bonds is 5. The summed E-state index contributed by atoms with van der Waals surface area (Å²) in [6, 6.07) is 9.42. The van der Waals surface area contributed by atoms with Gasteiger partial charge in [-0.15, -0.1) is 0 Å². The summed E-state index contributed by atoms with van der Waals surface area (Å²) in [4.78, 5) is 0. The van der Waals surface area contributed by atoms with Crippen LogP contribution in [0.5, 0.6) is 11.5 Å². The average molecular weight is 310 g/mol. The highest BCUT2D eigenvalue weighted by Crippen LogP contribution is 2.30. The van der Waals surface area contributed by atoms with Crippen molar-refractivity contribution in [3.8, 4) is 11.5 Å². The Balaban J connectivity index is 2.27. The molecule has 2 aromatic rings. The SMILES string of the molecule is COc1ccc(C(N)Cc2cc(Cl)ccc2F)c(OC)c1. The quantitative estimate of drug-likeness (QED) is 0.915. The molecule has 2 aromatic carbocycles. The molecule has 0 bridgehead atoms. The molecule has 1 atom stereocenters. The van der Waals surface area contributed by atoms with E-state index in [2.05, 4.69) is 0 Å². The van der Waals surface area contributed by atoms with Gasteiger partial charge in [-0.05, 0) is 36.2 Å². The van der Waals surface area contributed by atoms with Gasteiger partial charge in [-0.1, -0.05) is 17.7 Å². The fraction of sp³-hybridized carbons (Fsp3) is 0.250. The van der Waals surface area contributed by atoms with Gasteiger partial charge in [0.25, 0.3) is 0 Å². The van der Waals surface area contributed by atoms with Crippen LogP contribution in [0.25, 0.3) is 0 Å². The first-order valence-electron chi connectivity index (χ1n) is 6.46. The van der Waals surface area contributed by atoms with Crippen molar-refractivity contribution in [2.45, 2.75) is 12.5 Å². The smallest absolute Gasteiger partial charge is 0.127 e. The molecule has 0 saturated carbocycles. The summed E-state index contributed by atoms with van der Waals surface area (Å²) in [5.74, 6) is 0.975. The number of methoxy groups -OCH3 is 2. The largest absolute Gasteiger partial charge is 0.497 e. The fourth-order valence-corrected chi connectivity index (χ4v) is 2.37. The molecule has 0 aliphatic rings. The molecule has 3 nitrogen and oxygen atoms in total. The van der Waals surface area contributed by atoms with Crippen molar-refractivity contribution in [3.63, 3.8) is 0 Å². The third-order valence-electron chi connectivity index (χ3n) is 3.29. The molecule has 5 heteroatoms. The van der Waals surface area contributed by atoms with Crippen LogP contribution in [0.1, 0.15) is 17.2 Å². The zero-order valence-corrected chi connectivity index (χ0v) is 12.7. The normalized spacial score (nSPS) is 12.0. The predicted octanol–water partition coefficient (Wildman–Crippen LogP) is 3.74. The zero-order valence-electron chi connectivity index (χ0n) is 11.9. The minimum Gasteiger partial charge on any atom is -0.497 e. The van der Waals surface area contributed by atoms with Crippen LogP contribution in [0, 0.1) is 5.82 Å². The van der Waals surface area contributed by atoms with Crippen molar-refractivity contribution in [3.05, 3.63) is 58.4 Å². The minimum atomic E-state index is -0.404. The second-order valence-corrected chi connectivity index (χ2v) is 5.09. The Morgan fingerprint density at radius 3 is 2.57 bits per heavy atom. The fourth-order valence-electron chi connectivity index (χ4n) is 2.17. The van der Waals surface area contributed by atoms with E-state index in [0.29, 0.717) is 28.5 Å². The number of benzene rings is 2. The maximum atomic E-state index is 13.8. The van der Waals surface area contributed by atoms with Gasteiger partial charge < -0.3 is 15.2 Å². The lowest BCUT2D eigenvalue weighted by atomic mass is 9.98. The summed E-state index contributed by atoms with van der Waals surface area (Å²) in [6.07, 6.45) is 0.328. The third-order valence-corrected chi connectivity index (χ3v) is 3.52. The Bertz CT molecular complexity index is 634. The van der Waals surface area contributed by atoms with Crippen molar-refractivity contribution in [2.24, 2.45) is 5.73 Å². The lowest BCUT2D eigenvalue weighted by Crippen LogP contribution is -2.15. The number of hydrogen-bond donors (Lipinski definition) is 1. The standard InChI is InChI=1S/C16H17ClFNO2/c1-20-12-4-5-13(16(9-12)21-2)15(19)8-10-7-11(17)3-6-14(10)18/h3-7,9,15H,8,19H2,1-2H3. The molecule has 2 N–H and O–H groups in total. The Labute approximate surface area is 128 Å². The van der Waals surface area contributed by atoms with Crippen LogP contribution in [0.4, 0.5) is 4.39 Å². The molecule has 0 heterocycles. The zero-order chi connectivity index (χ0) is 15.4. The van der Waals surface area contributed by atoms with Gasteiger partial charge in [0.2, 0.25) is 0 Å². The Hall–Kier alpha value is -1.78. The molecule has 112 valence electrons. The maximum Gasteiger partial charge on any atom is 0.127 e. The summed E-state index contributed by atoms with van der Waals surface area (Å²) in [7, 11) is 3.14. The monoisotopic (exact) mass is 309 g/mol. The van der Waals surface area contributed by atoms with Crippen LogP contribution >= 0.6 is 11.6 Å². The van der Waals surface area contributed by atoms with Crippen LogP contribution in [0.3, 0.4) is 0 Å². The molecule has 0 aromatic heterocycles. The highest BCUT2D eigenvalue weighted by Gasteiger charge is 2.15. The molecule has 0 aliphatic heterocycles. The van der Waals surface area contributed by atoms with E-state index < -0.39 is 6.04 Å². The van der Waals surface area contributed by atoms with Crippen LogP contribution in [-0.2, 0) is 6.42 Å². The number of nitrogens with two attached hydrogens (primary N) is 1. The van der Waals surface area contributed by atoms with Gasteiger partial charge in [0.1, 0.15) is 17.3 Å². The van der Waals surface area contributed by atoms with Gasteiger partial charge >= 0.3 is 0 Å². The molecular formula is C16H17ClFNO2. The lowest BCUT2D eigenvalue weighted by Gasteiger charge is -2.17. The van der Waals surface area contributed by atoms with E-state index in [0.717, 1.165) is 5.56 Å².